The van der Waals surface area contributed by atoms with E-state index in [-0.39, 0.29) is 0 Å². The minimum absolute atomic E-state index is 0.727. The van der Waals surface area contributed by atoms with Crippen molar-refractivity contribution in [3.05, 3.63) is 108 Å². The third-order valence-electron chi connectivity index (χ3n) is 5.90. The van der Waals surface area contributed by atoms with Crippen molar-refractivity contribution in [3.8, 4) is 0 Å². The number of benzene rings is 3. The van der Waals surface area contributed by atoms with Crippen LogP contribution in [0, 0.1) is 0 Å². The van der Waals surface area contributed by atoms with Gasteiger partial charge in [-0.2, -0.15) is 0 Å². The lowest BCUT2D eigenvalue weighted by molar-refractivity contribution is 0.570. The lowest BCUT2D eigenvalue weighted by Crippen LogP contribution is -2.23. The van der Waals surface area contributed by atoms with Gasteiger partial charge in [-0.25, -0.2) is 0 Å². The van der Waals surface area contributed by atoms with Crippen molar-refractivity contribution in [3.63, 3.8) is 0 Å². The number of unbranched alkanes of at least 4 members (excludes halogenated alkanes) is 5. The number of hydrogen-bond donors (Lipinski definition) is 2. The van der Waals surface area contributed by atoms with Crippen LogP contribution in [0.1, 0.15) is 61.6 Å². The highest BCUT2D eigenvalue weighted by atomic mass is 14.9. The molecule has 0 saturated carbocycles. The molecule has 0 fully saturated rings. The predicted octanol–water partition coefficient (Wildman–Crippen LogP) is 6.92. The first-order valence-corrected chi connectivity index (χ1v) is 12.2. The normalized spacial score (nSPS) is 10.8. The first-order valence-electron chi connectivity index (χ1n) is 12.2. The average molecular weight is 427 g/mol. The maximum atomic E-state index is 5.52. The topological polar surface area (TPSA) is 38.0 Å². The number of hydrogen-bond acceptors (Lipinski definition) is 2. The highest BCUT2D eigenvalue weighted by Crippen LogP contribution is 2.35. The Labute approximate surface area is 194 Å². The van der Waals surface area contributed by atoms with Crippen LogP contribution in [0.5, 0.6) is 0 Å². The van der Waals surface area contributed by atoms with E-state index in [1.165, 1.54) is 66.4 Å². The summed E-state index contributed by atoms with van der Waals surface area (Å²) in [7, 11) is 0. The number of nitrogens with two attached hydrogens (primary N) is 1. The van der Waals surface area contributed by atoms with Crippen molar-refractivity contribution >= 4 is 11.1 Å². The Kier molecular flexibility index (Phi) is 10.8. The van der Waals surface area contributed by atoms with E-state index in [1.807, 2.05) is 0 Å². The molecular weight excluding hydrogens is 388 g/mol. The van der Waals surface area contributed by atoms with Gasteiger partial charge in [0.25, 0.3) is 0 Å². The van der Waals surface area contributed by atoms with Crippen molar-refractivity contribution in [2.75, 3.05) is 19.6 Å². The van der Waals surface area contributed by atoms with Crippen molar-refractivity contribution in [2.24, 2.45) is 5.73 Å². The van der Waals surface area contributed by atoms with E-state index >= 15 is 0 Å². The largest absolute Gasteiger partial charge is 0.329 e. The smallest absolute Gasteiger partial charge is 0.00745 e. The zero-order valence-corrected chi connectivity index (χ0v) is 19.3. The van der Waals surface area contributed by atoms with E-state index in [0.29, 0.717) is 0 Å². The molecule has 32 heavy (non-hydrogen) atoms. The second kappa shape index (κ2) is 14.4. The van der Waals surface area contributed by atoms with Gasteiger partial charge in [-0.3, -0.25) is 0 Å². The summed E-state index contributed by atoms with van der Waals surface area (Å²) >= 11 is 0. The molecule has 0 aromatic heterocycles. The Balaban J connectivity index is 1.71. The maximum Gasteiger partial charge on any atom is 0.00745 e. The van der Waals surface area contributed by atoms with Gasteiger partial charge in [-0.05, 0) is 53.6 Å². The number of nitrogens with one attached hydrogen (secondary N) is 1. The van der Waals surface area contributed by atoms with Gasteiger partial charge in [0.2, 0.25) is 0 Å². The molecule has 3 N–H and O–H groups in total. The summed E-state index contributed by atoms with van der Waals surface area (Å²) in [6.07, 6.45) is 8.78. The van der Waals surface area contributed by atoms with Crippen LogP contribution in [0.3, 0.4) is 0 Å². The summed E-state index contributed by atoms with van der Waals surface area (Å²) in [6, 6.07) is 32.7. The maximum absolute atomic E-state index is 5.52. The molecule has 0 unspecified atom stereocenters. The Hall–Kier alpha value is -2.68. The molecule has 0 atom stereocenters. The van der Waals surface area contributed by atoms with Crippen LogP contribution in [0.15, 0.2) is 91.0 Å². The summed E-state index contributed by atoms with van der Waals surface area (Å²) < 4.78 is 0. The summed E-state index contributed by atoms with van der Waals surface area (Å²) in [5.41, 5.74) is 12.3. The minimum atomic E-state index is 0.727. The molecule has 3 aromatic rings. The Bertz CT molecular complexity index is 860. The van der Waals surface area contributed by atoms with Crippen LogP contribution >= 0.6 is 0 Å². The molecule has 2 heteroatoms. The standard InChI is InChI=1S/C30H38N2/c31-23-25-32-24-15-4-2-1-3-14-22-29(26-16-8-5-9-17-26)30(27-18-10-6-11-19-27)28-20-12-7-13-21-28/h5-13,16-21,32H,1-4,14-15,22-25,31H2. The summed E-state index contributed by atoms with van der Waals surface area (Å²) in [5.74, 6) is 0. The fourth-order valence-electron chi connectivity index (χ4n) is 4.26. The first-order chi connectivity index (χ1) is 15.9. The van der Waals surface area contributed by atoms with Gasteiger partial charge in [0.15, 0.2) is 0 Å². The van der Waals surface area contributed by atoms with Gasteiger partial charge >= 0.3 is 0 Å². The summed E-state index contributed by atoms with van der Waals surface area (Å²) in [6.45, 7) is 2.75. The minimum Gasteiger partial charge on any atom is -0.329 e. The molecule has 0 heterocycles. The van der Waals surface area contributed by atoms with Crippen LogP contribution in [-0.4, -0.2) is 19.6 Å². The van der Waals surface area contributed by atoms with Gasteiger partial charge in [-0.1, -0.05) is 117 Å². The molecule has 0 aliphatic rings. The van der Waals surface area contributed by atoms with Crippen LogP contribution in [0.25, 0.3) is 11.1 Å². The fourth-order valence-corrected chi connectivity index (χ4v) is 4.26. The summed E-state index contributed by atoms with van der Waals surface area (Å²) in [4.78, 5) is 0. The quantitative estimate of drug-likeness (QED) is 0.217. The van der Waals surface area contributed by atoms with Crippen molar-refractivity contribution in [1.29, 1.82) is 0 Å². The van der Waals surface area contributed by atoms with Crippen LogP contribution in [-0.2, 0) is 0 Å². The molecule has 0 saturated heterocycles. The van der Waals surface area contributed by atoms with Crippen molar-refractivity contribution < 1.29 is 0 Å². The molecule has 2 nitrogen and oxygen atoms in total. The van der Waals surface area contributed by atoms with Crippen LogP contribution in [0.2, 0.25) is 0 Å². The van der Waals surface area contributed by atoms with Gasteiger partial charge in [0.05, 0.1) is 0 Å². The van der Waals surface area contributed by atoms with Gasteiger partial charge in [0, 0.05) is 13.1 Å². The zero-order chi connectivity index (χ0) is 22.3. The molecule has 3 rings (SSSR count). The molecule has 0 bridgehead atoms. The SMILES string of the molecule is NCCNCCCCCCCCC(=C(c1ccccc1)c1ccccc1)c1ccccc1. The second-order valence-corrected chi connectivity index (χ2v) is 8.36. The van der Waals surface area contributed by atoms with E-state index in [1.54, 1.807) is 0 Å². The molecule has 168 valence electrons. The molecule has 0 aliphatic heterocycles. The highest BCUT2D eigenvalue weighted by Gasteiger charge is 2.13. The third kappa shape index (κ3) is 7.78. The van der Waals surface area contributed by atoms with E-state index in [4.69, 9.17) is 5.73 Å². The number of allylic oxidation sites excluding steroid dienone is 1. The Morgan fingerprint density at radius 1 is 0.531 bits per heavy atom. The lowest BCUT2D eigenvalue weighted by Gasteiger charge is -2.17. The lowest BCUT2D eigenvalue weighted by atomic mass is 9.87. The summed E-state index contributed by atoms with van der Waals surface area (Å²) in [5, 5.41) is 3.38. The first kappa shape index (κ1) is 24.0. The molecule has 0 radical (unpaired) electrons. The van der Waals surface area contributed by atoms with E-state index < -0.39 is 0 Å². The Morgan fingerprint density at radius 3 is 1.53 bits per heavy atom. The zero-order valence-electron chi connectivity index (χ0n) is 19.3. The van der Waals surface area contributed by atoms with Crippen LogP contribution in [0.4, 0.5) is 0 Å². The fraction of sp³-hybridized carbons (Fsp3) is 0.333. The Morgan fingerprint density at radius 2 is 1.00 bits per heavy atom. The van der Waals surface area contributed by atoms with Crippen LogP contribution < -0.4 is 11.1 Å². The second-order valence-electron chi connectivity index (χ2n) is 8.36. The average Bonchev–Trinajstić information content (AvgIpc) is 2.86. The molecule has 0 spiro atoms. The van der Waals surface area contributed by atoms with E-state index in [9.17, 15) is 0 Å². The highest BCUT2D eigenvalue weighted by molar-refractivity contribution is 5.98. The molecule has 0 amide bonds. The van der Waals surface area contributed by atoms with Gasteiger partial charge < -0.3 is 11.1 Å². The van der Waals surface area contributed by atoms with Crippen molar-refractivity contribution in [1.82, 2.24) is 5.32 Å². The van der Waals surface area contributed by atoms with Crippen molar-refractivity contribution in [2.45, 2.75) is 44.9 Å². The van der Waals surface area contributed by atoms with Gasteiger partial charge in [-0.15, -0.1) is 0 Å². The third-order valence-corrected chi connectivity index (χ3v) is 5.90. The van der Waals surface area contributed by atoms with E-state index in [0.717, 1.165) is 26.1 Å². The van der Waals surface area contributed by atoms with E-state index in [2.05, 4.69) is 96.3 Å². The number of rotatable bonds is 14. The molecule has 3 aromatic carbocycles. The molecule has 0 aliphatic carbocycles. The van der Waals surface area contributed by atoms with Gasteiger partial charge in [0.1, 0.15) is 0 Å². The predicted molar refractivity (Wildman–Crippen MR) is 139 cm³/mol. The monoisotopic (exact) mass is 426 g/mol. The molecular formula is C30H38N2.